The van der Waals surface area contributed by atoms with Crippen molar-refractivity contribution in [1.82, 2.24) is 4.90 Å². The first-order valence-electron chi connectivity index (χ1n) is 13.0. The summed E-state index contributed by atoms with van der Waals surface area (Å²) in [7, 11) is 3.57. The molecule has 2 aromatic rings. The van der Waals surface area contributed by atoms with Gasteiger partial charge in [0.15, 0.2) is 6.29 Å². The first kappa shape index (κ1) is 28.3. The van der Waals surface area contributed by atoms with Crippen molar-refractivity contribution in [3.05, 3.63) is 45.5 Å². The van der Waals surface area contributed by atoms with Crippen molar-refractivity contribution in [2.75, 3.05) is 14.1 Å². The third-order valence-corrected chi connectivity index (χ3v) is 8.50. The highest BCUT2D eigenvalue weighted by Gasteiger charge is 2.52. The number of benzene rings is 2. The number of phenols is 4. The van der Waals surface area contributed by atoms with Crippen LogP contribution in [0.1, 0.15) is 88.3 Å². The number of ketones is 2. The molecule has 40 heavy (non-hydrogen) atoms. The summed E-state index contributed by atoms with van der Waals surface area (Å²) >= 11 is 0. The molecule has 7 atom stereocenters. The summed E-state index contributed by atoms with van der Waals surface area (Å²) in [6, 6.07) is 1.68. The lowest BCUT2D eigenvalue weighted by Gasteiger charge is -2.45. The third kappa shape index (κ3) is 3.98. The van der Waals surface area contributed by atoms with E-state index in [-0.39, 0.29) is 30.9 Å². The first-order valence-corrected chi connectivity index (χ1v) is 13.0. The Bertz CT molecular complexity index is 1410. The average Bonchev–Trinajstić information content (AvgIpc) is 2.89. The lowest BCUT2D eigenvalue weighted by atomic mass is 9.70. The zero-order valence-corrected chi connectivity index (χ0v) is 22.5. The molecule has 12 nitrogen and oxygen atoms in total. The van der Waals surface area contributed by atoms with E-state index in [9.17, 15) is 45.3 Å². The van der Waals surface area contributed by atoms with Gasteiger partial charge in [-0.05, 0) is 39.6 Å². The number of nitrogens with zero attached hydrogens (tertiary/aromatic N) is 1. The van der Waals surface area contributed by atoms with Gasteiger partial charge in [-0.1, -0.05) is 6.92 Å². The van der Waals surface area contributed by atoms with Crippen molar-refractivity contribution in [1.29, 1.82) is 0 Å². The van der Waals surface area contributed by atoms with Crippen LogP contribution in [0.2, 0.25) is 0 Å². The van der Waals surface area contributed by atoms with Crippen LogP contribution < -0.4 is 0 Å². The molecule has 0 unspecified atom stereocenters. The number of aliphatic hydroxyl groups excluding tert-OH is 2. The molecule has 7 N–H and O–H groups in total. The molecule has 0 bridgehead atoms. The topological polar surface area (TPSA) is 197 Å². The Labute approximate surface area is 229 Å². The maximum absolute atomic E-state index is 13.5. The molecule has 3 aliphatic rings. The van der Waals surface area contributed by atoms with Crippen LogP contribution in [0.15, 0.2) is 12.1 Å². The van der Waals surface area contributed by atoms with Crippen LogP contribution in [0.3, 0.4) is 0 Å². The lowest BCUT2D eigenvalue weighted by Crippen LogP contribution is -2.54. The summed E-state index contributed by atoms with van der Waals surface area (Å²) in [5, 5.41) is 76.7. The van der Waals surface area contributed by atoms with Crippen LogP contribution in [0.25, 0.3) is 0 Å². The Morgan fingerprint density at radius 1 is 0.950 bits per heavy atom. The molecule has 0 spiro atoms. The highest BCUT2D eigenvalue weighted by molar-refractivity contribution is 6.32. The fraction of sp³-hybridized carbons (Fsp3) is 0.500. The van der Waals surface area contributed by atoms with E-state index in [1.807, 2.05) is 4.90 Å². The van der Waals surface area contributed by atoms with E-state index in [1.54, 1.807) is 27.9 Å². The number of likely N-dealkylation sites (N-methyl/N-ethyl adjacent to an activating group) is 1. The number of ether oxygens (including phenoxy) is 2. The standard InChI is InChI=1S/C28H33NO11/c1-5-28(38)9-14(40-15-8-11(29(3)4)22(32)10(2)39-15)18-21(27(28)37)26(36)20-19(25(18)35)23(33)16-12(30)6-7-13(31)17(16)24(20)34/h6-7,10-11,14-15,22,27,30-32,35-38H,5,8-9H2,1-4H3/t10-,11-,14-,15+,22-,27-,28-/m1/s1. The quantitative estimate of drug-likeness (QED) is 0.227. The van der Waals surface area contributed by atoms with Crippen LogP contribution >= 0.6 is 0 Å². The predicted octanol–water partition coefficient (Wildman–Crippen LogP) is 1.35. The van der Waals surface area contributed by atoms with Gasteiger partial charge in [-0.3, -0.25) is 9.59 Å². The minimum atomic E-state index is -1.86. The van der Waals surface area contributed by atoms with E-state index in [1.165, 1.54) is 0 Å². The van der Waals surface area contributed by atoms with Crippen molar-refractivity contribution in [3.8, 4) is 23.0 Å². The van der Waals surface area contributed by atoms with Gasteiger partial charge in [0.2, 0.25) is 11.6 Å². The number of rotatable bonds is 4. The van der Waals surface area contributed by atoms with E-state index < -0.39 is 98.7 Å². The minimum Gasteiger partial charge on any atom is -0.507 e. The highest BCUT2D eigenvalue weighted by atomic mass is 16.7. The molecule has 2 aliphatic carbocycles. The van der Waals surface area contributed by atoms with Crippen molar-refractivity contribution >= 4 is 11.6 Å². The molecule has 0 amide bonds. The Balaban J connectivity index is 1.69. The Morgan fingerprint density at radius 3 is 1.98 bits per heavy atom. The lowest BCUT2D eigenvalue weighted by molar-refractivity contribution is -0.261. The Kier molecular flexibility index (Phi) is 6.85. The van der Waals surface area contributed by atoms with Crippen molar-refractivity contribution in [3.63, 3.8) is 0 Å². The van der Waals surface area contributed by atoms with Gasteiger partial charge in [0.05, 0.1) is 46.2 Å². The summed E-state index contributed by atoms with van der Waals surface area (Å²) < 4.78 is 12.1. The van der Waals surface area contributed by atoms with Crippen molar-refractivity contribution < 1.29 is 54.8 Å². The van der Waals surface area contributed by atoms with Gasteiger partial charge in [-0.2, -0.15) is 0 Å². The van der Waals surface area contributed by atoms with Crippen LogP contribution in [0, 0.1) is 0 Å². The molecule has 1 fully saturated rings. The van der Waals surface area contributed by atoms with Gasteiger partial charge in [-0.25, -0.2) is 0 Å². The molecule has 0 radical (unpaired) electrons. The molecule has 216 valence electrons. The van der Waals surface area contributed by atoms with E-state index in [0.717, 1.165) is 12.1 Å². The molecule has 1 heterocycles. The average molecular weight is 560 g/mol. The van der Waals surface area contributed by atoms with E-state index in [0.29, 0.717) is 0 Å². The van der Waals surface area contributed by atoms with E-state index in [2.05, 4.69) is 0 Å². The maximum atomic E-state index is 13.5. The van der Waals surface area contributed by atoms with Gasteiger partial charge < -0.3 is 50.1 Å². The SMILES string of the molecule is CC[C@@]1(O)C[C@@H](O[C@H]2C[C@@H](N(C)C)[C@H](O)[C@@H](C)O2)c2c(O)c3c(c(O)c2[C@H]1O)C(=O)c1c(O)ccc(O)c1C3=O. The van der Waals surface area contributed by atoms with Gasteiger partial charge in [0, 0.05) is 30.0 Å². The summed E-state index contributed by atoms with van der Waals surface area (Å²) in [6.45, 7) is 3.27. The second-order valence-corrected chi connectivity index (χ2v) is 11.0. The summed E-state index contributed by atoms with van der Waals surface area (Å²) in [5.41, 5.74) is -4.88. The molecule has 5 rings (SSSR count). The Hall–Kier alpha value is -3.26. The maximum Gasteiger partial charge on any atom is 0.202 e. The molecule has 0 saturated carbocycles. The van der Waals surface area contributed by atoms with Crippen LogP contribution in [0.4, 0.5) is 0 Å². The minimum absolute atomic E-state index is 0.00388. The van der Waals surface area contributed by atoms with Gasteiger partial charge >= 0.3 is 0 Å². The van der Waals surface area contributed by atoms with Gasteiger partial charge in [0.25, 0.3) is 0 Å². The predicted molar refractivity (Wildman–Crippen MR) is 137 cm³/mol. The molecule has 1 saturated heterocycles. The van der Waals surface area contributed by atoms with E-state index in [4.69, 9.17) is 9.47 Å². The van der Waals surface area contributed by atoms with Crippen LogP contribution in [0.5, 0.6) is 23.0 Å². The fourth-order valence-electron chi connectivity index (χ4n) is 6.17. The van der Waals surface area contributed by atoms with Gasteiger partial charge in [0.1, 0.15) is 29.1 Å². The highest BCUT2D eigenvalue weighted by Crippen LogP contribution is 2.56. The van der Waals surface area contributed by atoms with Crippen LogP contribution in [-0.4, -0.2) is 96.4 Å². The summed E-state index contributed by atoms with van der Waals surface area (Å²) in [4.78, 5) is 28.8. The number of carbonyl (C=O) groups is 2. The Morgan fingerprint density at radius 2 is 1.48 bits per heavy atom. The van der Waals surface area contributed by atoms with Crippen LogP contribution in [-0.2, 0) is 9.47 Å². The summed E-state index contributed by atoms with van der Waals surface area (Å²) in [5.74, 6) is -4.96. The number of hydrogen-bond donors (Lipinski definition) is 7. The number of hydrogen-bond acceptors (Lipinski definition) is 12. The monoisotopic (exact) mass is 559 g/mol. The van der Waals surface area contributed by atoms with Crippen molar-refractivity contribution in [2.24, 2.45) is 0 Å². The number of fused-ring (bicyclic) bond motifs is 3. The number of aliphatic hydroxyl groups is 3. The zero-order chi connectivity index (χ0) is 29.4. The number of carbonyl (C=O) groups excluding carboxylic acids is 2. The molecule has 12 heteroatoms. The van der Waals surface area contributed by atoms with Crippen molar-refractivity contribution in [2.45, 2.75) is 75.5 Å². The smallest absolute Gasteiger partial charge is 0.202 e. The molecule has 2 aromatic carbocycles. The molecular formula is C28H33NO11. The number of phenolic OH excluding ortho intramolecular Hbond substituents is 4. The molecule has 0 aromatic heterocycles. The third-order valence-electron chi connectivity index (χ3n) is 8.50. The second-order valence-electron chi connectivity index (χ2n) is 11.0. The first-order chi connectivity index (χ1) is 18.7. The normalized spacial score (nSPS) is 31.6. The number of aromatic hydroxyl groups is 4. The zero-order valence-electron chi connectivity index (χ0n) is 22.5. The fourth-order valence-corrected chi connectivity index (χ4v) is 6.17. The van der Waals surface area contributed by atoms with E-state index >= 15 is 0 Å². The van der Waals surface area contributed by atoms with Gasteiger partial charge in [-0.15, -0.1) is 0 Å². The second kappa shape index (κ2) is 9.68. The molecule has 1 aliphatic heterocycles. The molecular weight excluding hydrogens is 526 g/mol. The summed E-state index contributed by atoms with van der Waals surface area (Å²) in [6.07, 6.45) is -5.48. The largest absolute Gasteiger partial charge is 0.507 e.